The lowest BCUT2D eigenvalue weighted by Gasteiger charge is -2.20. The van der Waals surface area contributed by atoms with Crippen LogP contribution in [-0.4, -0.2) is 55.5 Å². The summed E-state index contributed by atoms with van der Waals surface area (Å²) in [6.07, 6.45) is 0.972. The largest absolute Gasteiger partial charge is 0.465 e. The van der Waals surface area contributed by atoms with Gasteiger partial charge in [0.25, 0.3) is 0 Å². The van der Waals surface area contributed by atoms with Crippen LogP contribution in [0.4, 0.5) is 0 Å². The van der Waals surface area contributed by atoms with E-state index >= 15 is 0 Å². The molecule has 6 heteroatoms. The van der Waals surface area contributed by atoms with E-state index in [2.05, 4.69) is 20.8 Å². The molecule has 21 heavy (non-hydrogen) atoms. The molecule has 1 aliphatic heterocycles. The second-order valence-electron chi connectivity index (χ2n) is 5.18. The molecular formula is C15H19BrN2O3. The van der Waals surface area contributed by atoms with Crippen molar-refractivity contribution in [3.63, 3.8) is 0 Å². The first kappa shape index (κ1) is 16.0. The van der Waals surface area contributed by atoms with Gasteiger partial charge in [-0.05, 0) is 24.1 Å². The SMILES string of the molecule is COC(=O)c1ccc(CN2CCCN(C)C(=O)C2)c(Br)c1. The minimum atomic E-state index is -0.353. The van der Waals surface area contributed by atoms with Gasteiger partial charge in [-0.1, -0.05) is 22.0 Å². The van der Waals surface area contributed by atoms with Crippen LogP contribution in [-0.2, 0) is 16.1 Å². The number of rotatable bonds is 3. The predicted molar refractivity (Wildman–Crippen MR) is 83.0 cm³/mol. The number of hydrogen-bond donors (Lipinski definition) is 0. The second-order valence-corrected chi connectivity index (χ2v) is 6.03. The fourth-order valence-electron chi connectivity index (χ4n) is 2.34. The number of esters is 1. The first-order valence-electron chi connectivity index (χ1n) is 6.84. The summed E-state index contributed by atoms with van der Waals surface area (Å²) in [6, 6.07) is 5.40. The molecule has 1 aliphatic rings. The molecular weight excluding hydrogens is 336 g/mol. The van der Waals surface area contributed by atoms with Crippen molar-refractivity contribution in [2.24, 2.45) is 0 Å². The van der Waals surface area contributed by atoms with Crippen molar-refractivity contribution in [3.05, 3.63) is 33.8 Å². The van der Waals surface area contributed by atoms with Gasteiger partial charge < -0.3 is 9.64 Å². The summed E-state index contributed by atoms with van der Waals surface area (Å²) in [7, 11) is 3.20. The van der Waals surface area contributed by atoms with Gasteiger partial charge in [-0.25, -0.2) is 4.79 Å². The Morgan fingerprint density at radius 3 is 2.81 bits per heavy atom. The molecule has 1 heterocycles. The minimum Gasteiger partial charge on any atom is -0.465 e. The second kappa shape index (κ2) is 7.04. The molecule has 1 aromatic rings. The van der Waals surface area contributed by atoms with Crippen molar-refractivity contribution < 1.29 is 14.3 Å². The predicted octanol–water partition coefficient (Wildman–Crippen LogP) is 1.90. The summed E-state index contributed by atoms with van der Waals surface area (Å²) < 4.78 is 5.56. The summed E-state index contributed by atoms with van der Waals surface area (Å²) in [5.74, 6) is -0.205. The summed E-state index contributed by atoms with van der Waals surface area (Å²) >= 11 is 3.49. The highest BCUT2D eigenvalue weighted by atomic mass is 79.9. The third-order valence-electron chi connectivity index (χ3n) is 3.62. The van der Waals surface area contributed by atoms with Crippen molar-refractivity contribution in [2.75, 3.05) is 33.8 Å². The molecule has 0 N–H and O–H groups in total. The Hall–Kier alpha value is -1.40. The molecule has 0 saturated carbocycles. The molecule has 1 amide bonds. The quantitative estimate of drug-likeness (QED) is 0.778. The average Bonchev–Trinajstić information content (AvgIpc) is 2.62. The summed E-state index contributed by atoms with van der Waals surface area (Å²) in [6.45, 7) is 2.81. The van der Waals surface area contributed by atoms with Gasteiger partial charge in [-0.15, -0.1) is 0 Å². The van der Waals surface area contributed by atoms with E-state index in [0.29, 0.717) is 18.7 Å². The standard InChI is InChI=1S/C15H19BrN2O3/c1-17-6-3-7-18(10-14(17)19)9-12-5-4-11(8-13(12)16)15(20)21-2/h4-5,8H,3,6-7,9-10H2,1-2H3. The number of halogens is 1. The van der Waals surface area contributed by atoms with E-state index in [1.165, 1.54) is 7.11 Å². The van der Waals surface area contributed by atoms with Gasteiger partial charge in [0, 0.05) is 31.2 Å². The molecule has 0 bridgehead atoms. The van der Waals surface area contributed by atoms with Crippen molar-refractivity contribution in [1.29, 1.82) is 0 Å². The summed E-state index contributed by atoms with van der Waals surface area (Å²) in [5, 5.41) is 0. The highest BCUT2D eigenvalue weighted by molar-refractivity contribution is 9.10. The van der Waals surface area contributed by atoms with Crippen LogP contribution in [0.3, 0.4) is 0 Å². The zero-order valence-electron chi connectivity index (χ0n) is 12.3. The van der Waals surface area contributed by atoms with E-state index in [4.69, 9.17) is 4.74 Å². The van der Waals surface area contributed by atoms with Crippen molar-refractivity contribution in [2.45, 2.75) is 13.0 Å². The summed E-state index contributed by atoms with van der Waals surface area (Å²) in [4.78, 5) is 27.3. The number of carbonyl (C=O) groups excluding carboxylic acids is 2. The minimum absolute atomic E-state index is 0.148. The van der Waals surface area contributed by atoms with Gasteiger partial charge in [0.1, 0.15) is 0 Å². The molecule has 0 aliphatic carbocycles. The van der Waals surface area contributed by atoms with E-state index in [9.17, 15) is 9.59 Å². The van der Waals surface area contributed by atoms with Crippen LogP contribution in [0, 0.1) is 0 Å². The van der Waals surface area contributed by atoms with E-state index in [1.807, 2.05) is 13.1 Å². The summed E-state index contributed by atoms with van der Waals surface area (Å²) in [5.41, 5.74) is 1.57. The van der Waals surface area contributed by atoms with Crippen LogP contribution in [0.1, 0.15) is 22.3 Å². The maximum Gasteiger partial charge on any atom is 0.337 e. The normalized spacial score (nSPS) is 16.7. The van der Waals surface area contributed by atoms with Crippen LogP contribution < -0.4 is 0 Å². The van der Waals surface area contributed by atoms with E-state index < -0.39 is 0 Å². The third kappa shape index (κ3) is 4.04. The Kier molecular flexibility index (Phi) is 5.36. The lowest BCUT2D eigenvalue weighted by atomic mass is 10.1. The molecule has 1 aromatic carbocycles. The zero-order chi connectivity index (χ0) is 15.4. The number of benzene rings is 1. The lowest BCUT2D eigenvalue weighted by molar-refractivity contribution is -0.130. The number of amides is 1. The zero-order valence-corrected chi connectivity index (χ0v) is 13.9. The molecule has 0 atom stereocenters. The Balaban J connectivity index is 2.09. The van der Waals surface area contributed by atoms with Gasteiger partial charge in [-0.2, -0.15) is 0 Å². The molecule has 2 rings (SSSR count). The molecule has 0 spiro atoms. The average molecular weight is 355 g/mol. The van der Waals surface area contributed by atoms with Crippen LogP contribution in [0.5, 0.6) is 0 Å². The van der Waals surface area contributed by atoms with Crippen molar-refractivity contribution in [3.8, 4) is 0 Å². The maximum absolute atomic E-state index is 11.9. The topological polar surface area (TPSA) is 49.9 Å². The number of nitrogens with zero attached hydrogens (tertiary/aromatic N) is 2. The van der Waals surface area contributed by atoms with Gasteiger partial charge >= 0.3 is 5.97 Å². The van der Waals surface area contributed by atoms with Gasteiger partial charge in [-0.3, -0.25) is 9.69 Å². The fraction of sp³-hybridized carbons (Fsp3) is 0.467. The maximum atomic E-state index is 11.9. The lowest BCUT2D eigenvalue weighted by Crippen LogP contribution is -2.34. The van der Waals surface area contributed by atoms with Crippen LogP contribution in [0.2, 0.25) is 0 Å². The molecule has 1 fully saturated rings. The number of carbonyl (C=O) groups is 2. The van der Waals surface area contributed by atoms with Gasteiger partial charge in [0.05, 0.1) is 19.2 Å². The first-order valence-corrected chi connectivity index (χ1v) is 7.63. The highest BCUT2D eigenvalue weighted by Crippen LogP contribution is 2.21. The molecule has 5 nitrogen and oxygen atoms in total. The first-order chi connectivity index (χ1) is 10.0. The fourth-order valence-corrected chi connectivity index (χ4v) is 2.85. The monoisotopic (exact) mass is 354 g/mol. The van der Waals surface area contributed by atoms with Crippen LogP contribution >= 0.6 is 15.9 Å². The molecule has 0 unspecified atom stereocenters. The number of methoxy groups -OCH3 is 1. The van der Waals surface area contributed by atoms with Crippen LogP contribution in [0.15, 0.2) is 22.7 Å². The molecule has 0 radical (unpaired) electrons. The van der Waals surface area contributed by atoms with E-state index in [1.54, 1.807) is 17.0 Å². The Labute approximate surface area is 133 Å². The Morgan fingerprint density at radius 2 is 2.14 bits per heavy atom. The highest BCUT2D eigenvalue weighted by Gasteiger charge is 2.19. The number of likely N-dealkylation sites (N-methyl/N-ethyl adjacent to an activating group) is 1. The smallest absolute Gasteiger partial charge is 0.337 e. The molecule has 0 aromatic heterocycles. The van der Waals surface area contributed by atoms with Gasteiger partial charge in [0.15, 0.2) is 0 Å². The van der Waals surface area contributed by atoms with E-state index in [-0.39, 0.29) is 11.9 Å². The third-order valence-corrected chi connectivity index (χ3v) is 4.36. The Morgan fingerprint density at radius 1 is 1.38 bits per heavy atom. The van der Waals surface area contributed by atoms with Crippen molar-refractivity contribution in [1.82, 2.24) is 9.80 Å². The van der Waals surface area contributed by atoms with Crippen molar-refractivity contribution >= 4 is 27.8 Å². The molecule has 1 saturated heterocycles. The van der Waals surface area contributed by atoms with Crippen LogP contribution in [0.25, 0.3) is 0 Å². The van der Waals surface area contributed by atoms with E-state index in [0.717, 1.165) is 29.5 Å². The Bertz CT molecular complexity index is 548. The number of ether oxygens (including phenoxy) is 1. The molecule has 114 valence electrons. The van der Waals surface area contributed by atoms with Gasteiger partial charge in [0.2, 0.25) is 5.91 Å². The number of hydrogen-bond acceptors (Lipinski definition) is 4.